The standard InChI is InChI=1S/C16H19ClN4/c1-13(14-5-3-2-4-6-14)20-9-11-21(12-10-20)15-7-8-18-16(17)19-15/h2-8,13H,9-12H2,1H3. The summed E-state index contributed by atoms with van der Waals surface area (Å²) < 4.78 is 0. The molecule has 0 saturated carbocycles. The lowest BCUT2D eigenvalue weighted by Crippen LogP contribution is -2.47. The van der Waals surface area contributed by atoms with Crippen molar-refractivity contribution in [1.29, 1.82) is 0 Å². The molecule has 1 saturated heterocycles. The molecule has 0 N–H and O–H groups in total. The third kappa shape index (κ3) is 3.34. The van der Waals surface area contributed by atoms with Gasteiger partial charge in [0.2, 0.25) is 5.28 Å². The predicted octanol–water partition coefficient (Wildman–Crippen LogP) is 3.01. The minimum Gasteiger partial charge on any atom is -0.354 e. The number of nitrogens with zero attached hydrogens (tertiary/aromatic N) is 4. The molecule has 1 aromatic carbocycles. The van der Waals surface area contributed by atoms with E-state index in [4.69, 9.17) is 11.6 Å². The first-order valence-electron chi connectivity index (χ1n) is 7.26. The van der Waals surface area contributed by atoms with Crippen LogP contribution in [0, 0.1) is 0 Å². The maximum absolute atomic E-state index is 5.86. The fraction of sp³-hybridized carbons (Fsp3) is 0.375. The summed E-state index contributed by atoms with van der Waals surface area (Å²) in [7, 11) is 0. The fourth-order valence-corrected chi connectivity index (χ4v) is 2.93. The molecule has 4 nitrogen and oxygen atoms in total. The maximum Gasteiger partial charge on any atom is 0.224 e. The van der Waals surface area contributed by atoms with Gasteiger partial charge in [0.15, 0.2) is 0 Å². The Bertz CT molecular complexity index is 582. The van der Waals surface area contributed by atoms with Gasteiger partial charge in [-0.3, -0.25) is 4.90 Å². The van der Waals surface area contributed by atoms with Gasteiger partial charge in [0, 0.05) is 38.4 Å². The van der Waals surface area contributed by atoms with Crippen LogP contribution in [0.1, 0.15) is 18.5 Å². The minimum atomic E-state index is 0.313. The fourth-order valence-electron chi connectivity index (χ4n) is 2.78. The number of halogens is 1. The van der Waals surface area contributed by atoms with Gasteiger partial charge in [-0.2, -0.15) is 0 Å². The SMILES string of the molecule is CC(c1ccccc1)N1CCN(c2ccnc(Cl)n2)CC1. The predicted molar refractivity (Wildman–Crippen MR) is 85.7 cm³/mol. The second-order valence-electron chi connectivity index (χ2n) is 5.29. The van der Waals surface area contributed by atoms with Gasteiger partial charge < -0.3 is 4.90 Å². The number of aromatic nitrogens is 2. The summed E-state index contributed by atoms with van der Waals surface area (Å²) in [5.41, 5.74) is 1.37. The van der Waals surface area contributed by atoms with Crippen LogP contribution in [-0.2, 0) is 0 Å². The lowest BCUT2D eigenvalue weighted by Gasteiger charge is -2.38. The highest BCUT2D eigenvalue weighted by atomic mass is 35.5. The molecule has 1 atom stereocenters. The number of hydrogen-bond acceptors (Lipinski definition) is 4. The van der Waals surface area contributed by atoms with Crippen LogP contribution in [0.3, 0.4) is 0 Å². The van der Waals surface area contributed by atoms with E-state index in [9.17, 15) is 0 Å². The van der Waals surface area contributed by atoms with Gasteiger partial charge in [-0.15, -0.1) is 0 Å². The van der Waals surface area contributed by atoms with E-state index in [2.05, 4.69) is 57.0 Å². The largest absolute Gasteiger partial charge is 0.354 e. The maximum atomic E-state index is 5.86. The molecule has 0 bridgehead atoms. The van der Waals surface area contributed by atoms with Gasteiger partial charge in [-0.05, 0) is 30.2 Å². The van der Waals surface area contributed by atoms with Crippen LogP contribution in [-0.4, -0.2) is 41.0 Å². The van der Waals surface area contributed by atoms with E-state index >= 15 is 0 Å². The number of hydrogen-bond donors (Lipinski definition) is 0. The van der Waals surface area contributed by atoms with Crippen molar-refractivity contribution in [1.82, 2.24) is 14.9 Å². The Kier molecular flexibility index (Phi) is 4.36. The molecule has 0 spiro atoms. The average molecular weight is 303 g/mol. The minimum absolute atomic E-state index is 0.313. The number of rotatable bonds is 3. The molecular formula is C16H19ClN4. The van der Waals surface area contributed by atoms with Crippen molar-refractivity contribution in [3.05, 3.63) is 53.4 Å². The first-order chi connectivity index (χ1) is 10.2. The van der Waals surface area contributed by atoms with Gasteiger partial charge >= 0.3 is 0 Å². The van der Waals surface area contributed by atoms with E-state index in [1.54, 1.807) is 6.20 Å². The van der Waals surface area contributed by atoms with Crippen LogP contribution >= 0.6 is 11.6 Å². The summed E-state index contributed by atoms with van der Waals surface area (Å²) in [6, 6.07) is 13.0. The lowest BCUT2D eigenvalue weighted by molar-refractivity contribution is 0.198. The molecule has 1 unspecified atom stereocenters. The Balaban J connectivity index is 1.63. The van der Waals surface area contributed by atoms with E-state index in [1.165, 1.54) is 5.56 Å². The number of piperazine rings is 1. The molecule has 1 aliphatic heterocycles. The van der Waals surface area contributed by atoms with Crippen molar-refractivity contribution in [3.63, 3.8) is 0 Å². The van der Waals surface area contributed by atoms with E-state index in [0.717, 1.165) is 32.0 Å². The molecule has 1 aliphatic rings. The molecule has 2 aromatic rings. The Morgan fingerprint density at radius 3 is 2.43 bits per heavy atom. The van der Waals surface area contributed by atoms with Crippen LogP contribution in [0.15, 0.2) is 42.6 Å². The van der Waals surface area contributed by atoms with E-state index in [0.29, 0.717) is 11.3 Å². The third-order valence-corrected chi connectivity index (χ3v) is 4.26. The van der Waals surface area contributed by atoms with E-state index in [1.807, 2.05) is 6.07 Å². The van der Waals surface area contributed by atoms with Gasteiger partial charge in [0.1, 0.15) is 5.82 Å². The highest BCUT2D eigenvalue weighted by molar-refractivity contribution is 6.28. The molecule has 21 heavy (non-hydrogen) atoms. The van der Waals surface area contributed by atoms with E-state index in [-0.39, 0.29) is 0 Å². The second-order valence-corrected chi connectivity index (χ2v) is 5.63. The average Bonchev–Trinajstić information content (AvgIpc) is 2.55. The molecular weight excluding hydrogens is 284 g/mol. The van der Waals surface area contributed by atoms with Crippen LogP contribution in [0.5, 0.6) is 0 Å². The Morgan fingerprint density at radius 2 is 1.76 bits per heavy atom. The van der Waals surface area contributed by atoms with Crippen LogP contribution in [0.25, 0.3) is 0 Å². The third-order valence-electron chi connectivity index (χ3n) is 4.08. The second kappa shape index (κ2) is 6.41. The van der Waals surface area contributed by atoms with Crippen LogP contribution < -0.4 is 4.90 Å². The topological polar surface area (TPSA) is 32.3 Å². The zero-order valence-corrected chi connectivity index (χ0v) is 12.9. The monoisotopic (exact) mass is 302 g/mol. The zero-order valence-electron chi connectivity index (χ0n) is 12.1. The summed E-state index contributed by atoms with van der Waals surface area (Å²) in [6.45, 7) is 6.25. The summed E-state index contributed by atoms with van der Waals surface area (Å²) >= 11 is 5.86. The smallest absolute Gasteiger partial charge is 0.224 e. The Hall–Kier alpha value is -1.65. The zero-order chi connectivity index (χ0) is 14.7. The summed E-state index contributed by atoms with van der Waals surface area (Å²) in [4.78, 5) is 13.0. The van der Waals surface area contributed by atoms with Gasteiger partial charge in [-0.1, -0.05) is 30.3 Å². The van der Waals surface area contributed by atoms with Crippen molar-refractivity contribution in [3.8, 4) is 0 Å². The summed E-state index contributed by atoms with van der Waals surface area (Å²) in [5, 5.41) is 0.313. The quantitative estimate of drug-likeness (QED) is 0.816. The van der Waals surface area contributed by atoms with Gasteiger partial charge in [0.25, 0.3) is 0 Å². The highest BCUT2D eigenvalue weighted by Gasteiger charge is 2.22. The van der Waals surface area contributed by atoms with Gasteiger partial charge in [-0.25, -0.2) is 9.97 Å². The normalized spacial score (nSPS) is 17.7. The molecule has 2 heterocycles. The van der Waals surface area contributed by atoms with Crippen molar-refractivity contribution >= 4 is 17.4 Å². The number of benzene rings is 1. The van der Waals surface area contributed by atoms with E-state index < -0.39 is 0 Å². The van der Waals surface area contributed by atoms with Crippen molar-refractivity contribution in [2.24, 2.45) is 0 Å². The molecule has 0 radical (unpaired) electrons. The van der Waals surface area contributed by atoms with Crippen LogP contribution in [0.4, 0.5) is 5.82 Å². The molecule has 5 heteroatoms. The Labute approximate surface area is 130 Å². The number of anilines is 1. The molecule has 0 aliphatic carbocycles. The van der Waals surface area contributed by atoms with Crippen molar-refractivity contribution in [2.45, 2.75) is 13.0 Å². The molecule has 110 valence electrons. The van der Waals surface area contributed by atoms with Crippen molar-refractivity contribution in [2.75, 3.05) is 31.1 Å². The first-order valence-corrected chi connectivity index (χ1v) is 7.64. The molecule has 3 rings (SSSR count). The first kappa shape index (κ1) is 14.3. The molecule has 1 aromatic heterocycles. The lowest BCUT2D eigenvalue weighted by atomic mass is 10.1. The summed E-state index contributed by atoms with van der Waals surface area (Å²) in [6.07, 6.45) is 1.71. The molecule has 1 fully saturated rings. The highest BCUT2D eigenvalue weighted by Crippen LogP contribution is 2.23. The Morgan fingerprint density at radius 1 is 1.05 bits per heavy atom. The van der Waals surface area contributed by atoms with Gasteiger partial charge in [0.05, 0.1) is 0 Å². The van der Waals surface area contributed by atoms with Crippen molar-refractivity contribution < 1.29 is 0 Å². The molecule has 0 amide bonds. The van der Waals surface area contributed by atoms with Crippen LogP contribution in [0.2, 0.25) is 5.28 Å². The summed E-state index contributed by atoms with van der Waals surface area (Å²) in [5.74, 6) is 0.919.